The number of hydrogen-bond donors (Lipinski definition) is 2. The molecule has 0 aliphatic carbocycles. The second kappa shape index (κ2) is 16.5. The maximum Gasteiger partial charge on any atom is 0.416 e. The summed E-state index contributed by atoms with van der Waals surface area (Å²) < 4.78 is 94.0. The monoisotopic (exact) mass is 767 g/mol. The van der Waals surface area contributed by atoms with Gasteiger partial charge >= 0.3 is 18.3 Å². The number of morpholine rings is 1. The summed E-state index contributed by atoms with van der Waals surface area (Å²) in [6, 6.07) is 11.6. The quantitative estimate of drug-likeness (QED) is 0.118. The first kappa shape index (κ1) is 38.8. The van der Waals surface area contributed by atoms with Crippen molar-refractivity contribution in [1.82, 2.24) is 15.1 Å². The summed E-state index contributed by atoms with van der Waals surface area (Å²) in [7, 11) is 0. The number of aromatic carboxylic acids is 1. The van der Waals surface area contributed by atoms with Gasteiger partial charge in [0, 0.05) is 44.7 Å². The number of halogens is 6. The lowest BCUT2D eigenvalue weighted by molar-refractivity contribution is -0.143. The summed E-state index contributed by atoms with van der Waals surface area (Å²) in [6.07, 6.45) is -8.85. The molecule has 0 aromatic heterocycles. The molecule has 2 amide bonds. The number of nitrogens with zero attached hydrogens (tertiary/aromatic N) is 2. The molecule has 0 radical (unpaired) electrons. The van der Waals surface area contributed by atoms with Crippen LogP contribution in [0.15, 0.2) is 65.6 Å². The van der Waals surface area contributed by atoms with Gasteiger partial charge in [0.05, 0.1) is 34.8 Å². The number of thioether (sulfide) groups is 1. The molecule has 2 aliphatic heterocycles. The van der Waals surface area contributed by atoms with Gasteiger partial charge in [-0.1, -0.05) is 42.2 Å². The van der Waals surface area contributed by atoms with Gasteiger partial charge in [-0.05, 0) is 65.2 Å². The number of rotatable bonds is 12. The minimum atomic E-state index is -5.07. The fourth-order valence-corrected chi connectivity index (χ4v) is 6.68. The molecule has 5 rings (SSSR count). The Morgan fingerprint density at radius 2 is 1.65 bits per heavy atom. The van der Waals surface area contributed by atoms with E-state index in [9.17, 15) is 40.7 Å². The van der Waals surface area contributed by atoms with Crippen molar-refractivity contribution in [3.8, 4) is 16.9 Å². The smallest absolute Gasteiger partial charge is 0.416 e. The topological polar surface area (TPSA) is 108 Å². The largest absolute Gasteiger partial charge is 0.492 e. The molecule has 9 nitrogen and oxygen atoms in total. The number of carboxylic acid groups (broad SMARTS) is 1. The van der Waals surface area contributed by atoms with Gasteiger partial charge in [0.15, 0.2) is 0 Å². The van der Waals surface area contributed by atoms with E-state index < -0.39 is 41.3 Å². The Labute approximate surface area is 303 Å². The normalized spacial score (nSPS) is 16.4. The van der Waals surface area contributed by atoms with E-state index in [1.54, 1.807) is 12.1 Å². The highest BCUT2D eigenvalue weighted by molar-refractivity contribution is 8.26. The van der Waals surface area contributed by atoms with Gasteiger partial charge in [-0.3, -0.25) is 19.4 Å². The van der Waals surface area contributed by atoms with Gasteiger partial charge in [-0.2, -0.15) is 26.3 Å². The lowest BCUT2D eigenvalue weighted by atomic mass is 9.96. The SMILES string of the molecule is O=C(CCN1C(=O)C(=Cc2ccc(OCCN3CCOCC3)c(-c3cc(C(F)(F)F)cc(C(F)(F)F)c3)c2)SC1=S)NCc1cccc(C(=O)O)c1. The summed E-state index contributed by atoms with van der Waals surface area (Å²) in [5, 5.41) is 11.8. The van der Waals surface area contributed by atoms with Crippen molar-refractivity contribution < 1.29 is 55.3 Å². The summed E-state index contributed by atoms with van der Waals surface area (Å²) in [5.41, 5.74) is -2.49. The van der Waals surface area contributed by atoms with Crippen LogP contribution in [-0.4, -0.2) is 83.0 Å². The van der Waals surface area contributed by atoms with Crippen LogP contribution in [0.5, 0.6) is 5.75 Å². The first-order valence-corrected chi connectivity index (χ1v) is 17.0. The number of amides is 2. The summed E-state index contributed by atoms with van der Waals surface area (Å²) in [5.74, 6) is -2.03. The van der Waals surface area contributed by atoms with Gasteiger partial charge in [-0.15, -0.1) is 0 Å². The van der Waals surface area contributed by atoms with Crippen molar-refractivity contribution in [1.29, 1.82) is 0 Å². The van der Waals surface area contributed by atoms with Crippen molar-refractivity contribution in [2.45, 2.75) is 25.3 Å². The number of carbonyl (C=O) groups is 3. The number of thiocarbonyl (C=S) groups is 1. The number of ether oxygens (including phenoxy) is 2. The zero-order chi connectivity index (χ0) is 37.6. The van der Waals surface area contributed by atoms with Gasteiger partial charge in [0.2, 0.25) is 5.91 Å². The third-order valence-corrected chi connectivity index (χ3v) is 9.45. The molecule has 3 aromatic carbocycles. The number of nitrogens with one attached hydrogen (secondary N) is 1. The second-order valence-corrected chi connectivity index (χ2v) is 13.4. The molecule has 2 aliphatic rings. The summed E-state index contributed by atoms with van der Waals surface area (Å²) >= 11 is 6.29. The van der Waals surface area contributed by atoms with E-state index in [-0.39, 0.29) is 69.4 Å². The second-order valence-electron chi connectivity index (χ2n) is 11.7. The van der Waals surface area contributed by atoms with Gasteiger partial charge in [0.25, 0.3) is 5.91 Å². The van der Waals surface area contributed by atoms with Crippen LogP contribution in [0.1, 0.15) is 39.0 Å². The molecule has 276 valence electrons. The first-order valence-electron chi connectivity index (χ1n) is 15.8. The molecule has 3 aromatic rings. The Morgan fingerprint density at radius 1 is 0.962 bits per heavy atom. The van der Waals surface area contributed by atoms with E-state index in [0.29, 0.717) is 50.5 Å². The van der Waals surface area contributed by atoms with Crippen LogP contribution in [0.25, 0.3) is 17.2 Å². The predicted octanol–water partition coefficient (Wildman–Crippen LogP) is 6.71. The van der Waals surface area contributed by atoms with E-state index >= 15 is 0 Å². The number of alkyl halides is 6. The van der Waals surface area contributed by atoms with E-state index in [1.807, 2.05) is 0 Å². The number of benzene rings is 3. The van der Waals surface area contributed by atoms with Crippen LogP contribution in [0.4, 0.5) is 26.3 Å². The zero-order valence-corrected chi connectivity index (χ0v) is 28.8. The van der Waals surface area contributed by atoms with Crippen molar-refractivity contribution in [3.05, 3.63) is 93.4 Å². The van der Waals surface area contributed by atoms with E-state index in [0.717, 1.165) is 11.8 Å². The molecular formula is C35H31F6N3O6S2. The molecule has 0 saturated carbocycles. The average Bonchev–Trinajstić information content (AvgIpc) is 3.37. The molecule has 0 unspecified atom stereocenters. The van der Waals surface area contributed by atoms with Crippen LogP contribution in [-0.2, 0) is 33.2 Å². The predicted molar refractivity (Wildman–Crippen MR) is 184 cm³/mol. The first-order chi connectivity index (χ1) is 24.6. The van der Waals surface area contributed by atoms with Crippen LogP contribution in [0.3, 0.4) is 0 Å². The van der Waals surface area contributed by atoms with Crippen LogP contribution in [0, 0.1) is 0 Å². The molecule has 2 saturated heterocycles. The van der Waals surface area contributed by atoms with Crippen molar-refractivity contribution in [2.75, 3.05) is 46.0 Å². The molecule has 0 bridgehead atoms. The zero-order valence-electron chi connectivity index (χ0n) is 27.2. The van der Waals surface area contributed by atoms with E-state index in [4.69, 9.17) is 26.8 Å². The third kappa shape index (κ3) is 10.1. The lowest BCUT2D eigenvalue weighted by Crippen LogP contribution is -2.38. The van der Waals surface area contributed by atoms with Crippen LogP contribution in [0.2, 0.25) is 0 Å². The van der Waals surface area contributed by atoms with Gasteiger partial charge in [-0.25, -0.2) is 4.79 Å². The maximum absolute atomic E-state index is 13.8. The van der Waals surface area contributed by atoms with E-state index in [1.165, 1.54) is 41.3 Å². The molecule has 0 spiro atoms. The number of carbonyl (C=O) groups excluding carboxylic acids is 2. The number of hydrogen-bond acceptors (Lipinski definition) is 8. The standard InChI is InChI=1S/C35H31F6N3O6S2/c36-34(37,38)25-17-24(18-26(19-25)35(39,40)41)27-15-21(4-5-28(27)50-13-10-43-8-11-49-12-9-43)16-29-31(46)44(33(51)52-29)7-6-30(45)42-20-22-2-1-3-23(14-22)32(47)48/h1-5,14-19H,6-13,20H2,(H,42,45)(H,47,48). The van der Waals surface area contributed by atoms with Gasteiger partial charge in [0.1, 0.15) is 16.7 Å². The average molecular weight is 768 g/mol. The molecule has 52 heavy (non-hydrogen) atoms. The highest BCUT2D eigenvalue weighted by atomic mass is 32.2. The Bertz CT molecular complexity index is 1850. The molecule has 2 heterocycles. The Kier molecular flexibility index (Phi) is 12.3. The molecule has 2 fully saturated rings. The Morgan fingerprint density at radius 3 is 2.31 bits per heavy atom. The maximum atomic E-state index is 13.8. The lowest BCUT2D eigenvalue weighted by Gasteiger charge is -2.26. The molecule has 17 heteroatoms. The van der Waals surface area contributed by atoms with Gasteiger partial charge < -0.3 is 19.9 Å². The van der Waals surface area contributed by atoms with Crippen molar-refractivity contribution in [2.24, 2.45) is 0 Å². The van der Waals surface area contributed by atoms with E-state index in [2.05, 4.69) is 10.2 Å². The number of carboxylic acids is 1. The van der Waals surface area contributed by atoms with Crippen molar-refractivity contribution >= 4 is 52.2 Å². The minimum Gasteiger partial charge on any atom is -0.492 e. The fraction of sp³-hybridized carbons (Fsp3) is 0.314. The van der Waals surface area contributed by atoms with Crippen LogP contribution < -0.4 is 10.1 Å². The Balaban J connectivity index is 1.35. The third-order valence-electron chi connectivity index (χ3n) is 8.07. The minimum absolute atomic E-state index is 0.0473. The highest BCUT2D eigenvalue weighted by Crippen LogP contribution is 2.42. The molecule has 0 atom stereocenters. The Hall–Kier alpha value is -4.45. The molecule has 2 N–H and O–H groups in total. The highest BCUT2D eigenvalue weighted by Gasteiger charge is 2.37. The summed E-state index contributed by atoms with van der Waals surface area (Å²) in [6.45, 7) is 2.85. The molecular weight excluding hydrogens is 737 g/mol. The summed E-state index contributed by atoms with van der Waals surface area (Å²) in [4.78, 5) is 40.4. The van der Waals surface area contributed by atoms with Crippen LogP contribution >= 0.6 is 24.0 Å². The van der Waals surface area contributed by atoms with Crippen molar-refractivity contribution in [3.63, 3.8) is 0 Å². The fourth-order valence-electron chi connectivity index (χ4n) is 5.37.